The molecule has 21 heavy (non-hydrogen) atoms. The van der Waals surface area contributed by atoms with Crippen LogP contribution in [-0.4, -0.2) is 18.3 Å². The molecule has 1 heterocycles. The Kier molecular flexibility index (Phi) is 4.06. The molecule has 1 atom stereocenters. The van der Waals surface area contributed by atoms with Gasteiger partial charge in [0.2, 0.25) is 0 Å². The summed E-state index contributed by atoms with van der Waals surface area (Å²) in [5.41, 5.74) is 0.610. The topological polar surface area (TPSA) is 38.7 Å². The number of ether oxygens (including phenoxy) is 2. The van der Waals surface area contributed by atoms with Crippen LogP contribution in [0.1, 0.15) is 17.2 Å². The minimum absolute atomic E-state index is 0.164. The van der Waals surface area contributed by atoms with Crippen molar-refractivity contribution in [2.75, 3.05) is 13.2 Å². The quantitative estimate of drug-likeness (QED) is 0.861. The Labute approximate surface area is 134 Å². The zero-order valence-corrected chi connectivity index (χ0v) is 13.1. The van der Waals surface area contributed by atoms with Crippen LogP contribution in [0.25, 0.3) is 0 Å². The predicted octanol–water partition coefficient (Wildman–Crippen LogP) is 4.09. The van der Waals surface area contributed by atoms with Crippen LogP contribution in [-0.2, 0) is 0 Å². The first kappa shape index (κ1) is 14.6. The van der Waals surface area contributed by atoms with Crippen LogP contribution in [0.5, 0.6) is 11.5 Å². The van der Waals surface area contributed by atoms with Crippen LogP contribution in [0.4, 0.5) is 4.39 Å². The maximum absolute atomic E-state index is 14.1. The van der Waals surface area contributed by atoms with E-state index in [4.69, 9.17) is 21.1 Å². The van der Waals surface area contributed by atoms with Gasteiger partial charge in [0, 0.05) is 5.56 Å². The lowest BCUT2D eigenvalue weighted by atomic mass is 10.0. The van der Waals surface area contributed by atoms with Gasteiger partial charge in [-0.1, -0.05) is 23.7 Å². The number of rotatable bonds is 2. The number of benzene rings is 2. The molecule has 1 N–H and O–H groups in total. The molecular weight excluding hydrogens is 363 g/mol. The highest BCUT2D eigenvalue weighted by molar-refractivity contribution is 9.10. The molecule has 1 aliphatic rings. The first-order valence-electron chi connectivity index (χ1n) is 6.29. The first-order valence-corrected chi connectivity index (χ1v) is 7.46. The van der Waals surface area contributed by atoms with Gasteiger partial charge < -0.3 is 14.6 Å². The average molecular weight is 374 g/mol. The third kappa shape index (κ3) is 2.73. The van der Waals surface area contributed by atoms with Gasteiger partial charge in [-0.3, -0.25) is 0 Å². The summed E-state index contributed by atoms with van der Waals surface area (Å²) in [6, 6.07) is 7.93. The van der Waals surface area contributed by atoms with Gasteiger partial charge in [0.25, 0.3) is 0 Å². The lowest BCUT2D eigenvalue weighted by molar-refractivity contribution is 0.169. The Balaban J connectivity index is 2.04. The number of hydrogen-bond acceptors (Lipinski definition) is 3. The maximum atomic E-state index is 14.1. The summed E-state index contributed by atoms with van der Waals surface area (Å²) in [7, 11) is 0. The van der Waals surface area contributed by atoms with Gasteiger partial charge in [0.15, 0.2) is 11.5 Å². The molecular formula is C15H11BrClFO3. The zero-order chi connectivity index (χ0) is 15.0. The largest absolute Gasteiger partial charge is 0.486 e. The lowest BCUT2D eigenvalue weighted by Gasteiger charge is -2.22. The molecule has 110 valence electrons. The SMILES string of the molecule is OC(c1cc(Cl)c2c(c1)OCCO2)c1cccc(Br)c1F. The van der Waals surface area contributed by atoms with Crippen molar-refractivity contribution in [3.8, 4) is 11.5 Å². The Hall–Kier alpha value is -1.30. The van der Waals surface area contributed by atoms with Gasteiger partial charge in [0.1, 0.15) is 25.1 Å². The summed E-state index contributed by atoms with van der Waals surface area (Å²) < 4.78 is 25.3. The summed E-state index contributed by atoms with van der Waals surface area (Å²) in [5, 5.41) is 10.7. The summed E-state index contributed by atoms with van der Waals surface area (Å²) in [6.07, 6.45) is -1.14. The second-order valence-corrected chi connectivity index (χ2v) is 5.83. The van der Waals surface area contributed by atoms with Gasteiger partial charge in [-0.2, -0.15) is 0 Å². The van der Waals surface area contributed by atoms with Crippen molar-refractivity contribution in [2.45, 2.75) is 6.10 Å². The van der Waals surface area contributed by atoms with Crippen molar-refractivity contribution >= 4 is 27.5 Å². The molecule has 1 aliphatic heterocycles. The van der Waals surface area contributed by atoms with Crippen molar-refractivity contribution in [1.29, 1.82) is 0 Å². The van der Waals surface area contributed by atoms with E-state index >= 15 is 0 Å². The summed E-state index contributed by atoms with van der Waals surface area (Å²) in [5.74, 6) is 0.405. The monoisotopic (exact) mass is 372 g/mol. The van der Waals surface area contributed by atoms with Crippen molar-refractivity contribution < 1.29 is 19.0 Å². The van der Waals surface area contributed by atoms with E-state index in [0.29, 0.717) is 39.8 Å². The molecule has 2 aromatic carbocycles. The molecule has 6 heteroatoms. The number of aliphatic hydroxyl groups excluding tert-OH is 1. The van der Waals surface area contributed by atoms with Crippen molar-refractivity contribution in [3.05, 3.63) is 56.8 Å². The van der Waals surface area contributed by atoms with Gasteiger partial charge in [0.05, 0.1) is 9.50 Å². The van der Waals surface area contributed by atoms with Crippen LogP contribution in [0.3, 0.4) is 0 Å². The maximum Gasteiger partial charge on any atom is 0.179 e. The third-order valence-corrected chi connectivity index (χ3v) is 4.10. The fourth-order valence-electron chi connectivity index (χ4n) is 2.20. The van der Waals surface area contributed by atoms with Crippen LogP contribution in [0.2, 0.25) is 5.02 Å². The van der Waals surface area contributed by atoms with Crippen LogP contribution < -0.4 is 9.47 Å². The van der Waals surface area contributed by atoms with Crippen molar-refractivity contribution in [2.24, 2.45) is 0 Å². The molecule has 0 fully saturated rings. The molecule has 0 aliphatic carbocycles. The number of hydrogen-bond donors (Lipinski definition) is 1. The molecule has 1 unspecified atom stereocenters. The molecule has 3 nitrogen and oxygen atoms in total. The third-order valence-electron chi connectivity index (χ3n) is 3.21. The van der Waals surface area contributed by atoms with Crippen molar-refractivity contribution in [1.82, 2.24) is 0 Å². The number of fused-ring (bicyclic) bond motifs is 1. The number of aliphatic hydroxyl groups is 1. The molecule has 0 spiro atoms. The molecule has 0 saturated heterocycles. The highest BCUT2D eigenvalue weighted by Crippen LogP contribution is 2.41. The van der Waals surface area contributed by atoms with E-state index < -0.39 is 11.9 Å². The average Bonchev–Trinajstić information content (AvgIpc) is 2.49. The van der Waals surface area contributed by atoms with Crippen LogP contribution in [0, 0.1) is 5.82 Å². The Morgan fingerprint density at radius 2 is 2.00 bits per heavy atom. The normalized spacial score (nSPS) is 14.9. The van der Waals surface area contributed by atoms with E-state index in [1.807, 2.05) is 0 Å². The second kappa shape index (κ2) is 5.83. The zero-order valence-electron chi connectivity index (χ0n) is 10.8. The number of halogens is 3. The molecule has 0 radical (unpaired) electrons. The predicted molar refractivity (Wildman–Crippen MR) is 80.6 cm³/mol. The summed E-state index contributed by atoms with van der Waals surface area (Å²) in [6.45, 7) is 0.836. The fraction of sp³-hybridized carbons (Fsp3) is 0.200. The highest BCUT2D eigenvalue weighted by atomic mass is 79.9. The lowest BCUT2D eigenvalue weighted by Crippen LogP contribution is -2.16. The fourth-order valence-corrected chi connectivity index (χ4v) is 2.86. The van der Waals surface area contributed by atoms with Gasteiger partial charge in [-0.15, -0.1) is 0 Å². The van der Waals surface area contributed by atoms with Crippen LogP contribution in [0.15, 0.2) is 34.8 Å². The van der Waals surface area contributed by atoms with Crippen molar-refractivity contribution in [3.63, 3.8) is 0 Å². The Bertz CT molecular complexity index is 693. The molecule has 0 amide bonds. The minimum Gasteiger partial charge on any atom is -0.486 e. The Morgan fingerprint density at radius 1 is 1.24 bits per heavy atom. The van der Waals surface area contributed by atoms with Gasteiger partial charge in [-0.25, -0.2) is 4.39 Å². The van der Waals surface area contributed by atoms with E-state index in [0.717, 1.165) is 0 Å². The smallest absolute Gasteiger partial charge is 0.179 e. The van der Waals surface area contributed by atoms with E-state index in [2.05, 4.69) is 15.9 Å². The highest BCUT2D eigenvalue weighted by Gasteiger charge is 2.22. The van der Waals surface area contributed by atoms with E-state index in [1.165, 1.54) is 6.07 Å². The van der Waals surface area contributed by atoms with Crippen LogP contribution >= 0.6 is 27.5 Å². The minimum atomic E-state index is -1.14. The molecule has 0 saturated carbocycles. The van der Waals surface area contributed by atoms with E-state index in [-0.39, 0.29) is 5.56 Å². The first-order chi connectivity index (χ1) is 10.1. The van der Waals surface area contributed by atoms with Gasteiger partial charge >= 0.3 is 0 Å². The summed E-state index contributed by atoms with van der Waals surface area (Å²) >= 11 is 9.24. The van der Waals surface area contributed by atoms with E-state index in [1.54, 1.807) is 24.3 Å². The molecule has 0 bridgehead atoms. The molecule has 2 aromatic rings. The summed E-state index contributed by atoms with van der Waals surface area (Å²) in [4.78, 5) is 0. The molecule has 3 rings (SSSR count). The van der Waals surface area contributed by atoms with Gasteiger partial charge in [-0.05, 0) is 39.7 Å². The molecule has 0 aromatic heterocycles. The standard InChI is InChI=1S/C15H11BrClFO3/c16-10-3-1-2-9(13(10)18)14(19)8-6-11(17)15-12(7-8)20-4-5-21-15/h1-3,6-7,14,19H,4-5H2. The Morgan fingerprint density at radius 3 is 2.81 bits per heavy atom. The van der Waals surface area contributed by atoms with E-state index in [9.17, 15) is 9.50 Å². The second-order valence-electron chi connectivity index (χ2n) is 4.57.